The molecule has 1 amide bonds. The van der Waals surface area contributed by atoms with E-state index in [-0.39, 0.29) is 5.91 Å². The van der Waals surface area contributed by atoms with Crippen molar-refractivity contribution >= 4 is 56.3 Å². The second-order valence-corrected chi connectivity index (χ2v) is 7.88. The van der Waals surface area contributed by atoms with Crippen LogP contribution in [0.5, 0.6) is 0 Å². The lowest BCUT2D eigenvalue weighted by atomic mass is 10.1. The van der Waals surface area contributed by atoms with Crippen LogP contribution in [0.3, 0.4) is 0 Å². The van der Waals surface area contributed by atoms with Crippen molar-refractivity contribution in [3.05, 3.63) is 56.0 Å². The molecule has 134 valence electrons. The number of pyridine rings is 1. The predicted molar refractivity (Wildman–Crippen MR) is 105 cm³/mol. The molecule has 8 heteroatoms. The summed E-state index contributed by atoms with van der Waals surface area (Å²) in [5.74, 6) is -0.140. The molecule has 0 aliphatic carbocycles. The molecule has 3 aromatic rings. The van der Waals surface area contributed by atoms with Gasteiger partial charge in [-0.1, -0.05) is 29.3 Å². The molecular weight excluding hydrogens is 393 g/mol. The van der Waals surface area contributed by atoms with Crippen LogP contribution in [0, 0.1) is 6.92 Å². The first-order valence-corrected chi connectivity index (χ1v) is 9.49. The molecule has 26 heavy (non-hydrogen) atoms. The van der Waals surface area contributed by atoms with Gasteiger partial charge in [0.05, 0.1) is 22.3 Å². The lowest BCUT2D eigenvalue weighted by molar-refractivity contribution is 0.0940. The molecule has 4 rings (SSSR count). The zero-order chi connectivity index (χ0) is 18.4. The average molecular weight is 408 g/mol. The molecule has 1 aromatic carbocycles. The van der Waals surface area contributed by atoms with Crippen molar-refractivity contribution in [2.45, 2.75) is 19.7 Å². The number of ether oxygens (including phenoxy) is 1. The van der Waals surface area contributed by atoms with Gasteiger partial charge >= 0.3 is 0 Å². The van der Waals surface area contributed by atoms with E-state index in [1.807, 2.05) is 19.1 Å². The minimum atomic E-state index is -0.403. The van der Waals surface area contributed by atoms with Crippen LogP contribution in [-0.4, -0.2) is 18.0 Å². The highest BCUT2D eigenvalue weighted by Gasteiger charge is 2.30. The van der Waals surface area contributed by atoms with Crippen molar-refractivity contribution in [1.82, 2.24) is 10.3 Å². The second-order valence-electron chi connectivity index (χ2n) is 6.07. The van der Waals surface area contributed by atoms with Gasteiger partial charge in [0.15, 0.2) is 0 Å². The largest absolute Gasteiger partial charge is 0.380 e. The lowest BCUT2D eigenvalue weighted by Gasteiger charge is -2.27. The van der Waals surface area contributed by atoms with Crippen molar-refractivity contribution < 1.29 is 9.53 Å². The summed E-state index contributed by atoms with van der Waals surface area (Å²) in [5, 5.41) is 8.22. The standard InChI is InChI=1S/C18H15Cl2N3O2S/c1-8-5-10(7-25-2)13-14-15(26-18(13)21-8)17(24)23-16(22-14)9-3-4-11(19)12(20)6-9/h3-6,16,22H,7H2,1-2H3,(H,23,24). The van der Waals surface area contributed by atoms with E-state index in [0.717, 1.165) is 32.7 Å². The van der Waals surface area contributed by atoms with Crippen LogP contribution in [0.2, 0.25) is 10.0 Å². The van der Waals surface area contributed by atoms with E-state index in [4.69, 9.17) is 27.9 Å². The molecular formula is C18H15Cl2N3O2S. The number of nitrogens with zero attached hydrogens (tertiary/aromatic N) is 1. The van der Waals surface area contributed by atoms with Crippen LogP contribution in [0.25, 0.3) is 10.2 Å². The number of amides is 1. The van der Waals surface area contributed by atoms with Gasteiger partial charge < -0.3 is 15.4 Å². The molecule has 2 aromatic heterocycles. The molecule has 1 aliphatic heterocycles. The fourth-order valence-electron chi connectivity index (χ4n) is 3.12. The summed E-state index contributed by atoms with van der Waals surface area (Å²) in [7, 11) is 1.65. The normalized spacial score (nSPS) is 16.3. The van der Waals surface area contributed by atoms with Crippen LogP contribution < -0.4 is 10.6 Å². The molecule has 1 aliphatic rings. The van der Waals surface area contributed by atoms with E-state index in [1.54, 1.807) is 19.2 Å². The van der Waals surface area contributed by atoms with E-state index in [9.17, 15) is 4.79 Å². The van der Waals surface area contributed by atoms with Gasteiger partial charge in [-0.15, -0.1) is 11.3 Å². The smallest absolute Gasteiger partial charge is 0.265 e. The number of aromatic nitrogens is 1. The van der Waals surface area contributed by atoms with E-state index in [1.165, 1.54) is 11.3 Å². The molecule has 2 N–H and O–H groups in total. The summed E-state index contributed by atoms with van der Waals surface area (Å²) >= 11 is 13.5. The third-order valence-corrected chi connectivity index (χ3v) is 6.04. The van der Waals surface area contributed by atoms with Crippen LogP contribution >= 0.6 is 34.5 Å². The topological polar surface area (TPSA) is 63.2 Å². The van der Waals surface area contributed by atoms with Crippen LogP contribution in [0.15, 0.2) is 24.3 Å². The Balaban J connectivity index is 1.84. The fraction of sp³-hybridized carbons (Fsp3) is 0.222. The molecule has 5 nitrogen and oxygen atoms in total. The molecule has 1 unspecified atom stereocenters. The Hall–Kier alpha value is -1.86. The highest BCUT2D eigenvalue weighted by Crippen LogP contribution is 2.41. The Labute approximate surface area is 164 Å². The number of fused-ring (bicyclic) bond motifs is 3. The van der Waals surface area contributed by atoms with Crippen LogP contribution in [0.1, 0.15) is 32.7 Å². The average Bonchev–Trinajstić information content (AvgIpc) is 2.96. The maximum atomic E-state index is 12.7. The number of halogens is 2. The number of nitrogens with one attached hydrogen (secondary N) is 2. The summed E-state index contributed by atoms with van der Waals surface area (Å²) in [5.41, 5.74) is 3.50. The number of carbonyl (C=O) groups is 1. The highest BCUT2D eigenvalue weighted by atomic mass is 35.5. The first kappa shape index (κ1) is 17.5. The number of thiophene rings is 1. The number of methoxy groups -OCH3 is 1. The summed E-state index contributed by atoms with van der Waals surface area (Å²) in [4.78, 5) is 18.7. The first-order valence-electron chi connectivity index (χ1n) is 7.92. The van der Waals surface area contributed by atoms with Crippen molar-refractivity contribution in [2.75, 3.05) is 12.4 Å². The molecule has 3 heterocycles. The highest BCUT2D eigenvalue weighted by molar-refractivity contribution is 7.21. The van der Waals surface area contributed by atoms with Gasteiger partial charge in [-0.25, -0.2) is 4.98 Å². The molecule has 0 spiro atoms. The molecule has 1 atom stereocenters. The number of anilines is 1. The number of hydrogen-bond acceptors (Lipinski definition) is 5. The van der Waals surface area contributed by atoms with Gasteiger partial charge in [-0.2, -0.15) is 0 Å². The zero-order valence-electron chi connectivity index (χ0n) is 14.0. The van der Waals surface area contributed by atoms with Gasteiger partial charge in [0, 0.05) is 18.2 Å². The number of aryl methyl sites for hydroxylation is 1. The third-order valence-electron chi connectivity index (χ3n) is 4.22. The fourth-order valence-corrected chi connectivity index (χ4v) is 4.55. The first-order chi connectivity index (χ1) is 12.5. The minimum absolute atomic E-state index is 0.140. The van der Waals surface area contributed by atoms with Crippen molar-refractivity contribution in [2.24, 2.45) is 0 Å². The zero-order valence-corrected chi connectivity index (χ0v) is 16.4. The van der Waals surface area contributed by atoms with Crippen molar-refractivity contribution in [3.8, 4) is 0 Å². The van der Waals surface area contributed by atoms with E-state index in [0.29, 0.717) is 21.5 Å². The number of rotatable bonds is 3. The van der Waals surface area contributed by atoms with Gasteiger partial charge in [0.25, 0.3) is 5.91 Å². The van der Waals surface area contributed by atoms with Crippen LogP contribution in [-0.2, 0) is 11.3 Å². The van der Waals surface area contributed by atoms with E-state index in [2.05, 4.69) is 15.6 Å². The van der Waals surface area contributed by atoms with E-state index < -0.39 is 6.17 Å². The van der Waals surface area contributed by atoms with Gasteiger partial charge in [0.1, 0.15) is 15.9 Å². The molecule has 0 saturated carbocycles. The minimum Gasteiger partial charge on any atom is -0.380 e. The summed E-state index contributed by atoms with van der Waals surface area (Å²) in [6, 6.07) is 7.29. The predicted octanol–water partition coefficient (Wildman–Crippen LogP) is 4.91. The van der Waals surface area contributed by atoms with Crippen molar-refractivity contribution in [3.63, 3.8) is 0 Å². The number of hydrogen-bond donors (Lipinski definition) is 2. The Morgan fingerprint density at radius 2 is 2.04 bits per heavy atom. The lowest BCUT2D eigenvalue weighted by Crippen LogP contribution is -2.37. The Morgan fingerprint density at radius 3 is 2.77 bits per heavy atom. The Kier molecular flexibility index (Phi) is 4.52. The van der Waals surface area contributed by atoms with E-state index >= 15 is 0 Å². The third kappa shape index (κ3) is 2.93. The summed E-state index contributed by atoms with van der Waals surface area (Å²) in [6.45, 7) is 2.38. The van der Waals surface area contributed by atoms with Crippen LogP contribution in [0.4, 0.5) is 5.69 Å². The quantitative estimate of drug-likeness (QED) is 0.646. The molecule has 0 saturated heterocycles. The van der Waals surface area contributed by atoms with Gasteiger partial charge in [-0.3, -0.25) is 4.79 Å². The monoisotopic (exact) mass is 407 g/mol. The number of carbonyl (C=O) groups excluding carboxylic acids is 1. The summed E-state index contributed by atoms with van der Waals surface area (Å²) in [6.07, 6.45) is -0.403. The van der Waals surface area contributed by atoms with Crippen molar-refractivity contribution in [1.29, 1.82) is 0 Å². The maximum Gasteiger partial charge on any atom is 0.265 e. The van der Waals surface area contributed by atoms with Gasteiger partial charge in [-0.05, 0) is 36.2 Å². The number of benzene rings is 1. The Morgan fingerprint density at radius 1 is 1.23 bits per heavy atom. The summed E-state index contributed by atoms with van der Waals surface area (Å²) < 4.78 is 5.34. The van der Waals surface area contributed by atoms with Gasteiger partial charge in [0.2, 0.25) is 0 Å². The molecule has 0 fully saturated rings. The maximum absolute atomic E-state index is 12.7. The second kappa shape index (κ2) is 6.70. The SMILES string of the molecule is COCc1cc(C)nc2sc3c(c12)NC(c1ccc(Cl)c(Cl)c1)NC3=O. The Bertz CT molecular complexity index is 1030. The molecule has 0 radical (unpaired) electrons. The molecule has 0 bridgehead atoms.